The van der Waals surface area contributed by atoms with Gasteiger partial charge in [-0.1, -0.05) is 45.0 Å². The van der Waals surface area contributed by atoms with Crippen molar-refractivity contribution in [2.75, 3.05) is 0 Å². The number of benzene rings is 6. The van der Waals surface area contributed by atoms with Crippen LogP contribution in [0.5, 0.6) is 0 Å². The van der Waals surface area contributed by atoms with Gasteiger partial charge in [-0.2, -0.15) is 5.26 Å². The van der Waals surface area contributed by atoms with Crippen molar-refractivity contribution in [2.45, 2.75) is 69.6 Å². The minimum atomic E-state index is -1.93. The van der Waals surface area contributed by atoms with E-state index in [1.165, 1.54) is 15.5 Å². The van der Waals surface area contributed by atoms with E-state index < -0.39 is 13.3 Å². The number of hydrogen-bond donors (Lipinski definition) is 0. The van der Waals surface area contributed by atoms with Crippen LogP contribution in [0, 0.1) is 11.3 Å². The van der Waals surface area contributed by atoms with Gasteiger partial charge in [-0.3, -0.25) is 0 Å². The smallest absolute Gasteiger partial charge is 0.455 e. The maximum atomic E-state index is 9.64. The summed E-state index contributed by atoms with van der Waals surface area (Å²) in [6, 6.07) is 40.7. The van der Waals surface area contributed by atoms with Crippen LogP contribution in [0.15, 0.2) is 118 Å². The van der Waals surface area contributed by atoms with Gasteiger partial charge in [0.15, 0.2) is 0 Å². The van der Waals surface area contributed by atoms with Crippen LogP contribution in [0.4, 0.5) is 0 Å². The molecule has 0 aliphatic heterocycles. The third kappa shape index (κ3) is 5.69. The van der Waals surface area contributed by atoms with Crippen molar-refractivity contribution in [3.05, 3.63) is 126 Å². The molecule has 0 bridgehead atoms. The van der Waals surface area contributed by atoms with E-state index in [1.54, 1.807) is 0 Å². The summed E-state index contributed by atoms with van der Waals surface area (Å²) in [5.74, 6) is 8.10. The zero-order valence-corrected chi connectivity index (χ0v) is 35.1. The van der Waals surface area contributed by atoms with Crippen LogP contribution in [0.2, 0.25) is 17.3 Å². The second-order valence-corrected chi connectivity index (χ2v) is 28.7. The van der Waals surface area contributed by atoms with E-state index in [1.807, 2.05) is 24.3 Å². The van der Waals surface area contributed by atoms with Gasteiger partial charge in [0.25, 0.3) is 0 Å². The minimum Gasteiger partial charge on any atom is -0.455 e. The number of rotatable bonds is 4. The molecule has 272 valence electrons. The topological polar surface area (TPSA) is 67.9 Å². The van der Waals surface area contributed by atoms with Crippen molar-refractivity contribution < 1.29 is 8.83 Å². The molecule has 0 atom stereocenters. The van der Waals surface area contributed by atoms with Crippen molar-refractivity contribution in [1.82, 2.24) is 9.55 Å². The van der Waals surface area contributed by atoms with E-state index >= 15 is 0 Å². The van der Waals surface area contributed by atoms with E-state index in [4.69, 9.17) is 13.8 Å². The van der Waals surface area contributed by atoms with E-state index in [2.05, 4.69) is 154 Å². The third-order valence-corrected chi connectivity index (χ3v) is 15.4. The van der Waals surface area contributed by atoms with Crippen LogP contribution < -0.4 is 4.40 Å². The summed E-state index contributed by atoms with van der Waals surface area (Å²) in [6.45, 7) is 13.7. The van der Waals surface area contributed by atoms with Crippen LogP contribution in [0.25, 0.3) is 83.1 Å². The second-order valence-electron chi connectivity index (χ2n) is 18.0. The molecule has 6 aromatic carbocycles. The summed E-state index contributed by atoms with van der Waals surface area (Å²) in [6.07, 6.45) is 0. The molecule has 6 heteroatoms. The molecule has 0 radical (unpaired) electrons. The Morgan fingerprint density at radius 3 is 2.02 bits per heavy atom. The van der Waals surface area contributed by atoms with Crippen LogP contribution in [-0.4, -0.2) is 22.8 Å². The zero-order chi connectivity index (χ0) is 38.6. The molecule has 0 N–H and O–H groups in total. The molecule has 9 rings (SSSR count). The second kappa shape index (κ2) is 12.2. The van der Waals surface area contributed by atoms with Gasteiger partial charge in [0.05, 0.1) is 28.2 Å². The van der Waals surface area contributed by atoms with E-state index in [9.17, 15) is 5.26 Å². The average Bonchev–Trinajstić information content (AvgIpc) is 3.83. The first-order chi connectivity index (χ1) is 26.1. The number of hydrogen-bond acceptors (Lipinski definition) is 4. The number of fused-ring (bicyclic) bond motifs is 7. The summed E-state index contributed by atoms with van der Waals surface area (Å²) in [7, 11) is 0. The minimum absolute atomic E-state index is 0.242. The molecular formula is C49H45GeN3O2. The molecule has 0 spiro atoms. The van der Waals surface area contributed by atoms with Gasteiger partial charge in [-0.25, -0.2) is 4.98 Å². The summed E-state index contributed by atoms with van der Waals surface area (Å²) in [5.41, 5.74) is 11.8. The van der Waals surface area contributed by atoms with Gasteiger partial charge >= 0.3 is 174 Å². The van der Waals surface area contributed by atoms with Crippen molar-refractivity contribution in [3.8, 4) is 34.3 Å². The van der Waals surface area contributed by atoms with Gasteiger partial charge in [-0.05, 0) is 36.4 Å². The number of furan rings is 2. The Hall–Kier alpha value is -5.58. The standard InChI is InChI=1S/C49H45GeN3O2/c1-48(2,3)38-27-37-34-24-20-31(30-18-21-32(22-19-30)50(7,8)9)26-42(34)55-46(37)43(49(4,5)6)44(38)53-40-16-11-10-15-39(40)52-47(53)36-14-12-13-35-33-23-17-29(28-51)25-41(33)54-45(35)36/h10-27H,1-9H3. The fourth-order valence-electron chi connectivity index (χ4n) is 8.22. The number of nitriles is 1. The van der Waals surface area contributed by atoms with Gasteiger partial charge in [-0.15, -0.1) is 0 Å². The molecule has 9 aromatic rings. The number of imidazole rings is 1. The number of nitrogens with zero attached hydrogens (tertiary/aromatic N) is 3. The van der Waals surface area contributed by atoms with Crippen LogP contribution >= 0.6 is 0 Å². The van der Waals surface area contributed by atoms with Crippen LogP contribution in [0.3, 0.4) is 0 Å². The predicted octanol–water partition coefficient (Wildman–Crippen LogP) is 13.2. The van der Waals surface area contributed by atoms with Gasteiger partial charge in [0.1, 0.15) is 17.0 Å². The zero-order valence-electron chi connectivity index (χ0n) is 33.1. The molecule has 0 saturated heterocycles. The molecule has 0 fully saturated rings. The first-order valence-corrected chi connectivity index (χ1v) is 26.4. The molecule has 0 aliphatic rings. The molecule has 0 amide bonds. The Bertz CT molecular complexity index is 3040. The summed E-state index contributed by atoms with van der Waals surface area (Å²) in [5, 5.41) is 13.8. The predicted molar refractivity (Wildman–Crippen MR) is 232 cm³/mol. The summed E-state index contributed by atoms with van der Waals surface area (Å²) in [4.78, 5) is 5.37. The third-order valence-electron chi connectivity index (χ3n) is 11.0. The average molecular weight is 781 g/mol. The molecule has 0 unspecified atom stereocenters. The van der Waals surface area contributed by atoms with Crippen molar-refractivity contribution in [3.63, 3.8) is 0 Å². The molecule has 0 aliphatic carbocycles. The molecule has 55 heavy (non-hydrogen) atoms. The van der Waals surface area contributed by atoms with Gasteiger partial charge in [0.2, 0.25) is 0 Å². The first kappa shape index (κ1) is 35.1. The molecule has 5 nitrogen and oxygen atoms in total. The Balaban J connectivity index is 1.36. The normalized spacial score (nSPS) is 12.8. The summed E-state index contributed by atoms with van der Waals surface area (Å²) < 4.78 is 17.5. The quantitative estimate of drug-likeness (QED) is 0.167. The van der Waals surface area contributed by atoms with Crippen molar-refractivity contribution >= 4 is 72.6 Å². The van der Waals surface area contributed by atoms with Crippen LogP contribution in [-0.2, 0) is 10.8 Å². The Morgan fingerprint density at radius 1 is 0.636 bits per heavy atom. The SMILES string of the molecule is CC(C)(C)c1cc2c(oc3cc(-c4cc[c]([Ge]([CH3])([CH3])[CH3])cc4)ccc32)c(C(C)(C)C)c1-n1c(-c2cccc3c2oc2cc(C#N)ccc23)nc2ccccc21. The first-order valence-electron chi connectivity index (χ1n) is 19.1. The number of aromatic nitrogens is 2. The van der Waals surface area contributed by atoms with Crippen molar-refractivity contribution in [2.24, 2.45) is 0 Å². The Kier molecular flexibility index (Phi) is 7.80. The molecule has 3 aromatic heterocycles. The fourth-order valence-corrected chi connectivity index (χ4v) is 10.7. The van der Waals surface area contributed by atoms with Crippen LogP contribution in [0.1, 0.15) is 58.2 Å². The van der Waals surface area contributed by atoms with E-state index in [-0.39, 0.29) is 10.8 Å². The molecule has 0 saturated carbocycles. The van der Waals surface area contributed by atoms with Gasteiger partial charge < -0.3 is 4.42 Å². The maximum absolute atomic E-state index is 9.64. The van der Waals surface area contributed by atoms with E-state index in [0.29, 0.717) is 11.1 Å². The Labute approximate surface area is 324 Å². The van der Waals surface area contributed by atoms with Crippen molar-refractivity contribution in [1.29, 1.82) is 5.26 Å². The van der Waals surface area contributed by atoms with Gasteiger partial charge in [0, 0.05) is 10.8 Å². The molecular weight excluding hydrogens is 735 g/mol. The molecule has 3 heterocycles. The van der Waals surface area contributed by atoms with E-state index in [0.717, 1.165) is 77.5 Å². The number of para-hydroxylation sites is 3. The summed E-state index contributed by atoms with van der Waals surface area (Å²) >= 11 is -1.93. The fraction of sp³-hybridized carbons (Fsp3) is 0.224. The Morgan fingerprint density at radius 2 is 1.31 bits per heavy atom. The monoisotopic (exact) mass is 781 g/mol.